The lowest BCUT2D eigenvalue weighted by atomic mass is 10.0. The summed E-state index contributed by atoms with van der Waals surface area (Å²) in [7, 11) is 0. The van der Waals surface area contributed by atoms with Gasteiger partial charge in [-0.15, -0.1) is 0 Å². The van der Waals surface area contributed by atoms with Gasteiger partial charge in [0.05, 0.1) is 5.56 Å². The van der Waals surface area contributed by atoms with Crippen LogP contribution < -0.4 is 5.32 Å². The molecule has 2 N–H and O–H groups in total. The predicted octanol–water partition coefficient (Wildman–Crippen LogP) is 4.11. The number of carbonyl (C=O) groups is 1. The van der Waals surface area contributed by atoms with Gasteiger partial charge in [-0.2, -0.15) is 0 Å². The molecular formula is C18H16N2O2. The van der Waals surface area contributed by atoms with Crippen molar-refractivity contribution in [1.29, 1.82) is 0 Å². The van der Waals surface area contributed by atoms with Gasteiger partial charge in [-0.05, 0) is 30.0 Å². The van der Waals surface area contributed by atoms with Crippen LogP contribution in [-0.2, 0) is 0 Å². The average Bonchev–Trinajstić information content (AvgIpc) is 2.55. The normalized spacial score (nSPS) is 12.0. The molecule has 0 aliphatic rings. The molecule has 0 fully saturated rings. The predicted molar refractivity (Wildman–Crippen MR) is 87.2 cm³/mol. The van der Waals surface area contributed by atoms with Crippen LogP contribution in [0.5, 0.6) is 0 Å². The van der Waals surface area contributed by atoms with E-state index in [-0.39, 0.29) is 11.6 Å². The first kappa shape index (κ1) is 14.1. The van der Waals surface area contributed by atoms with E-state index >= 15 is 0 Å². The highest BCUT2D eigenvalue weighted by molar-refractivity contribution is 6.08. The number of hydrogen-bond donors (Lipinski definition) is 2. The van der Waals surface area contributed by atoms with Crippen molar-refractivity contribution in [3.63, 3.8) is 0 Å². The fraction of sp³-hybridized carbons (Fsp3) is 0.111. The number of aromatic nitrogens is 1. The van der Waals surface area contributed by atoms with E-state index in [9.17, 15) is 9.90 Å². The fourth-order valence-electron chi connectivity index (χ4n) is 2.55. The van der Waals surface area contributed by atoms with Crippen LogP contribution in [0.1, 0.15) is 28.9 Å². The molecule has 110 valence electrons. The quantitative estimate of drug-likeness (QED) is 0.759. The van der Waals surface area contributed by atoms with E-state index in [1.54, 1.807) is 18.3 Å². The molecule has 0 aliphatic carbocycles. The van der Waals surface area contributed by atoms with Crippen molar-refractivity contribution in [3.8, 4) is 0 Å². The molecule has 0 radical (unpaired) electrons. The van der Waals surface area contributed by atoms with Crippen molar-refractivity contribution in [1.82, 2.24) is 4.98 Å². The molecule has 0 spiro atoms. The lowest BCUT2D eigenvalue weighted by Crippen LogP contribution is -2.09. The average molecular weight is 292 g/mol. The molecule has 4 heteroatoms. The van der Waals surface area contributed by atoms with E-state index in [2.05, 4.69) is 10.3 Å². The largest absolute Gasteiger partial charge is 0.478 e. The summed E-state index contributed by atoms with van der Waals surface area (Å²) in [6, 6.07) is 17.1. The second-order valence-electron chi connectivity index (χ2n) is 5.15. The van der Waals surface area contributed by atoms with Crippen molar-refractivity contribution < 1.29 is 9.90 Å². The number of carboxylic acids is 1. The van der Waals surface area contributed by atoms with Crippen LogP contribution in [0.15, 0.2) is 60.8 Å². The summed E-state index contributed by atoms with van der Waals surface area (Å²) in [5.41, 5.74) is 1.38. The smallest absolute Gasteiger partial charge is 0.336 e. The van der Waals surface area contributed by atoms with E-state index in [1.165, 1.54) is 0 Å². The zero-order chi connectivity index (χ0) is 15.5. The minimum Gasteiger partial charge on any atom is -0.478 e. The number of aromatic carboxylic acids is 1. The van der Waals surface area contributed by atoms with E-state index in [0.29, 0.717) is 11.2 Å². The summed E-state index contributed by atoms with van der Waals surface area (Å²) in [6.07, 6.45) is 1.69. The Kier molecular flexibility index (Phi) is 3.74. The Bertz CT molecular complexity index is 810. The second kappa shape index (κ2) is 5.85. The Balaban J connectivity index is 2.06. The summed E-state index contributed by atoms with van der Waals surface area (Å²) >= 11 is 0. The van der Waals surface area contributed by atoms with Crippen molar-refractivity contribution in [2.45, 2.75) is 13.0 Å². The van der Waals surface area contributed by atoms with Gasteiger partial charge in [0.15, 0.2) is 0 Å². The Labute approximate surface area is 128 Å². The van der Waals surface area contributed by atoms with Crippen LogP contribution in [0.3, 0.4) is 0 Å². The van der Waals surface area contributed by atoms with Crippen molar-refractivity contribution in [2.24, 2.45) is 0 Å². The molecule has 1 heterocycles. The third-order valence-corrected chi connectivity index (χ3v) is 3.67. The monoisotopic (exact) mass is 292 g/mol. The van der Waals surface area contributed by atoms with Crippen LogP contribution in [0, 0.1) is 0 Å². The summed E-state index contributed by atoms with van der Waals surface area (Å²) in [5.74, 6) is -0.360. The topological polar surface area (TPSA) is 62.2 Å². The summed E-state index contributed by atoms with van der Waals surface area (Å²) in [5, 5.41) is 14.2. The Morgan fingerprint density at radius 3 is 2.59 bits per heavy atom. The van der Waals surface area contributed by atoms with Gasteiger partial charge in [-0.3, -0.25) is 0 Å². The molecule has 3 aromatic rings. The van der Waals surface area contributed by atoms with Gasteiger partial charge in [-0.25, -0.2) is 9.78 Å². The summed E-state index contributed by atoms with van der Waals surface area (Å²) < 4.78 is 0. The van der Waals surface area contributed by atoms with Gasteiger partial charge in [0.25, 0.3) is 0 Å². The van der Waals surface area contributed by atoms with Gasteiger partial charge < -0.3 is 10.4 Å². The van der Waals surface area contributed by atoms with Crippen LogP contribution in [0.2, 0.25) is 0 Å². The summed E-state index contributed by atoms with van der Waals surface area (Å²) in [4.78, 5) is 15.8. The number of pyridine rings is 1. The highest BCUT2D eigenvalue weighted by atomic mass is 16.4. The second-order valence-corrected chi connectivity index (χ2v) is 5.15. The van der Waals surface area contributed by atoms with Gasteiger partial charge in [0.1, 0.15) is 5.82 Å². The number of hydrogen-bond acceptors (Lipinski definition) is 3. The number of benzene rings is 2. The van der Waals surface area contributed by atoms with Crippen molar-refractivity contribution >= 4 is 22.6 Å². The van der Waals surface area contributed by atoms with Gasteiger partial charge in [-0.1, -0.05) is 42.5 Å². The Hall–Kier alpha value is -2.88. The molecule has 4 nitrogen and oxygen atoms in total. The fourth-order valence-corrected chi connectivity index (χ4v) is 2.55. The van der Waals surface area contributed by atoms with Crippen LogP contribution in [-0.4, -0.2) is 16.1 Å². The molecule has 1 unspecified atom stereocenters. The third-order valence-electron chi connectivity index (χ3n) is 3.67. The minimum absolute atomic E-state index is 0.0288. The maximum absolute atomic E-state index is 11.5. The first-order valence-electron chi connectivity index (χ1n) is 7.09. The number of rotatable bonds is 4. The lowest BCUT2D eigenvalue weighted by molar-refractivity contribution is 0.0699. The molecule has 1 aromatic heterocycles. The molecule has 22 heavy (non-hydrogen) atoms. The van der Waals surface area contributed by atoms with E-state index < -0.39 is 5.97 Å². The maximum atomic E-state index is 11.5. The maximum Gasteiger partial charge on any atom is 0.336 e. The molecule has 0 aliphatic heterocycles. The number of nitrogens with one attached hydrogen (secondary N) is 1. The number of nitrogens with zero attached hydrogens (tertiary/aromatic N) is 1. The highest BCUT2D eigenvalue weighted by Gasteiger charge is 2.14. The van der Waals surface area contributed by atoms with Crippen molar-refractivity contribution in [3.05, 3.63) is 71.9 Å². The van der Waals surface area contributed by atoms with Crippen LogP contribution in [0.25, 0.3) is 10.8 Å². The lowest BCUT2D eigenvalue weighted by Gasteiger charge is -2.17. The number of anilines is 1. The van der Waals surface area contributed by atoms with E-state index in [0.717, 1.165) is 10.9 Å². The van der Waals surface area contributed by atoms with E-state index in [1.807, 2.05) is 49.4 Å². The zero-order valence-electron chi connectivity index (χ0n) is 12.2. The van der Waals surface area contributed by atoms with Gasteiger partial charge in [0, 0.05) is 17.6 Å². The first-order chi connectivity index (χ1) is 10.7. The molecule has 3 rings (SSSR count). The first-order valence-corrected chi connectivity index (χ1v) is 7.09. The Morgan fingerprint density at radius 2 is 1.86 bits per heavy atom. The highest BCUT2D eigenvalue weighted by Crippen LogP contribution is 2.28. The zero-order valence-corrected chi connectivity index (χ0v) is 12.2. The van der Waals surface area contributed by atoms with Gasteiger partial charge in [0.2, 0.25) is 0 Å². The number of fused-ring (bicyclic) bond motifs is 1. The minimum atomic E-state index is -0.950. The molecule has 2 aromatic carbocycles. The Morgan fingerprint density at radius 1 is 1.09 bits per heavy atom. The molecule has 0 bridgehead atoms. The molecule has 0 amide bonds. The summed E-state index contributed by atoms with van der Waals surface area (Å²) in [6.45, 7) is 2.03. The standard InChI is InChI=1S/C18H16N2O2/c1-12(13-6-3-2-4-7-13)20-17-16-14(10-11-19-17)8-5-9-15(16)18(21)22/h2-12H,1H3,(H,19,20)(H,21,22). The third kappa shape index (κ3) is 2.63. The number of carboxylic acid groups (broad SMARTS) is 1. The van der Waals surface area contributed by atoms with E-state index in [4.69, 9.17) is 0 Å². The molecule has 1 atom stereocenters. The molecule has 0 saturated carbocycles. The van der Waals surface area contributed by atoms with Crippen LogP contribution >= 0.6 is 0 Å². The SMILES string of the molecule is CC(Nc1nccc2cccc(C(=O)O)c12)c1ccccc1. The van der Waals surface area contributed by atoms with Crippen LogP contribution in [0.4, 0.5) is 5.82 Å². The molecule has 0 saturated heterocycles. The molecular weight excluding hydrogens is 276 g/mol. The van der Waals surface area contributed by atoms with Gasteiger partial charge >= 0.3 is 5.97 Å². The van der Waals surface area contributed by atoms with Crippen molar-refractivity contribution in [2.75, 3.05) is 5.32 Å².